The zero-order valence-electron chi connectivity index (χ0n) is 16.6. The average molecular weight is 406 g/mol. The van der Waals surface area contributed by atoms with Crippen LogP contribution in [0.1, 0.15) is 22.6 Å². The normalized spacial score (nSPS) is 11.1. The van der Waals surface area contributed by atoms with Crippen molar-refractivity contribution in [2.24, 2.45) is 0 Å². The minimum absolute atomic E-state index is 0.360. The number of hydrogen-bond donors (Lipinski definition) is 0. The number of nitrogens with zero attached hydrogens (tertiary/aromatic N) is 5. The van der Waals surface area contributed by atoms with Crippen LogP contribution in [-0.4, -0.2) is 24.1 Å². The van der Waals surface area contributed by atoms with Gasteiger partial charge in [0, 0.05) is 24.7 Å². The predicted octanol–water partition coefficient (Wildman–Crippen LogP) is 4.60. The van der Waals surface area contributed by atoms with Crippen molar-refractivity contribution in [3.05, 3.63) is 84.1 Å². The van der Waals surface area contributed by atoms with Crippen LogP contribution in [0.3, 0.4) is 0 Å². The van der Waals surface area contributed by atoms with Crippen LogP contribution in [0.4, 0.5) is 0 Å². The van der Waals surface area contributed by atoms with Gasteiger partial charge in [-0.2, -0.15) is 0 Å². The monoisotopic (exact) mass is 405 g/mol. The Hall–Kier alpha value is -3.06. The second-order valence-corrected chi connectivity index (χ2v) is 7.79. The van der Waals surface area contributed by atoms with E-state index < -0.39 is 0 Å². The molecule has 0 aliphatic rings. The number of fused-ring (bicyclic) bond motifs is 1. The topological polar surface area (TPSA) is 57.2 Å². The summed E-state index contributed by atoms with van der Waals surface area (Å²) in [5.41, 5.74) is 4.32. The summed E-state index contributed by atoms with van der Waals surface area (Å²) in [6.07, 6.45) is 5.92. The molecule has 0 bridgehead atoms. The summed E-state index contributed by atoms with van der Waals surface area (Å²) >= 11 is 1.62. The Kier molecular flexibility index (Phi) is 5.67. The maximum atomic E-state index is 5.91. The molecule has 0 atom stereocenters. The number of rotatable bonds is 8. The molecule has 3 heterocycles. The zero-order chi connectivity index (χ0) is 20.2. The molecule has 0 aliphatic carbocycles. The standard InChI is InChI=1S/C22H23N5OS/c1-4-10-27-20(14-28-19-9-5-7-16(2)12-19)24-25-22(27)29-15-18-13-26-11-6-8-17(3)21(26)23-18/h4-9,11-13H,1,10,14-15H2,2-3H3. The Labute approximate surface area is 174 Å². The molecule has 0 saturated carbocycles. The number of thioether (sulfide) groups is 1. The first-order chi connectivity index (χ1) is 14.1. The molecule has 4 rings (SSSR count). The van der Waals surface area contributed by atoms with Gasteiger partial charge in [-0.1, -0.05) is 36.0 Å². The van der Waals surface area contributed by atoms with Gasteiger partial charge in [-0.25, -0.2) is 4.98 Å². The molecule has 0 N–H and O–H groups in total. The average Bonchev–Trinajstić information content (AvgIpc) is 3.30. The molecule has 0 radical (unpaired) electrons. The van der Waals surface area contributed by atoms with E-state index in [0.717, 1.165) is 45.0 Å². The summed E-state index contributed by atoms with van der Waals surface area (Å²) in [5.74, 6) is 2.32. The molecule has 0 unspecified atom stereocenters. The quantitative estimate of drug-likeness (QED) is 0.317. The molecule has 0 fully saturated rings. The van der Waals surface area contributed by atoms with Crippen LogP contribution in [-0.2, 0) is 18.9 Å². The van der Waals surface area contributed by atoms with Crippen LogP contribution in [0.15, 0.2) is 66.6 Å². The first-order valence-electron chi connectivity index (χ1n) is 9.42. The van der Waals surface area contributed by atoms with Crippen molar-refractivity contribution in [3.63, 3.8) is 0 Å². The van der Waals surface area contributed by atoms with Crippen molar-refractivity contribution in [2.45, 2.75) is 37.9 Å². The van der Waals surface area contributed by atoms with Crippen molar-refractivity contribution < 1.29 is 4.74 Å². The molecule has 0 aliphatic heterocycles. The van der Waals surface area contributed by atoms with Gasteiger partial charge in [0.2, 0.25) is 0 Å². The molecule has 4 aromatic rings. The zero-order valence-corrected chi connectivity index (χ0v) is 17.4. The van der Waals surface area contributed by atoms with Crippen molar-refractivity contribution in [3.8, 4) is 5.75 Å². The maximum Gasteiger partial charge on any atom is 0.191 e. The molecule has 6 nitrogen and oxygen atoms in total. The van der Waals surface area contributed by atoms with E-state index in [1.807, 2.05) is 54.1 Å². The Balaban J connectivity index is 1.48. The fourth-order valence-corrected chi connectivity index (χ4v) is 3.96. The van der Waals surface area contributed by atoms with E-state index >= 15 is 0 Å². The Morgan fingerprint density at radius 3 is 2.86 bits per heavy atom. The van der Waals surface area contributed by atoms with Crippen LogP contribution in [0.2, 0.25) is 0 Å². The van der Waals surface area contributed by atoms with Gasteiger partial charge in [-0.3, -0.25) is 4.57 Å². The van der Waals surface area contributed by atoms with Crippen LogP contribution in [0, 0.1) is 13.8 Å². The van der Waals surface area contributed by atoms with E-state index in [4.69, 9.17) is 9.72 Å². The summed E-state index contributed by atoms with van der Waals surface area (Å²) in [6, 6.07) is 12.1. The van der Waals surface area contributed by atoms with Gasteiger partial charge in [0.1, 0.15) is 18.0 Å². The summed E-state index contributed by atoms with van der Waals surface area (Å²) in [7, 11) is 0. The summed E-state index contributed by atoms with van der Waals surface area (Å²) in [4.78, 5) is 4.73. The molecule has 0 amide bonds. The van der Waals surface area contributed by atoms with Gasteiger partial charge < -0.3 is 9.14 Å². The summed E-state index contributed by atoms with van der Waals surface area (Å²) in [5, 5.41) is 9.53. The van der Waals surface area contributed by atoms with Crippen LogP contribution in [0.5, 0.6) is 5.75 Å². The highest BCUT2D eigenvalue weighted by Crippen LogP contribution is 2.23. The van der Waals surface area contributed by atoms with Gasteiger partial charge >= 0.3 is 0 Å². The molecular formula is C22H23N5OS. The SMILES string of the molecule is C=CCn1c(COc2cccc(C)c2)nnc1SCc1cn2cccc(C)c2n1. The molecule has 7 heteroatoms. The van der Waals surface area contributed by atoms with Gasteiger partial charge in [-0.15, -0.1) is 16.8 Å². The van der Waals surface area contributed by atoms with E-state index in [2.05, 4.69) is 40.4 Å². The van der Waals surface area contributed by atoms with Crippen molar-refractivity contribution in [1.29, 1.82) is 0 Å². The molecule has 1 aromatic carbocycles. The van der Waals surface area contributed by atoms with E-state index in [-0.39, 0.29) is 0 Å². The Bertz CT molecular complexity index is 1150. The lowest BCUT2D eigenvalue weighted by molar-refractivity contribution is 0.289. The lowest BCUT2D eigenvalue weighted by Crippen LogP contribution is -2.07. The maximum absolute atomic E-state index is 5.91. The number of hydrogen-bond acceptors (Lipinski definition) is 5. The first-order valence-corrected chi connectivity index (χ1v) is 10.4. The minimum atomic E-state index is 0.360. The predicted molar refractivity (Wildman–Crippen MR) is 115 cm³/mol. The molecule has 3 aromatic heterocycles. The molecule has 29 heavy (non-hydrogen) atoms. The highest BCUT2D eigenvalue weighted by atomic mass is 32.2. The summed E-state index contributed by atoms with van der Waals surface area (Å²) < 4.78 is 10.00. The van der Waals surface area contributed by atoms with Gasteiger partial charge in [0.05, 0.1) is 5.69 Å². The third-order valence-corrected chi connectivity index (χ3v) is 5.54. The van der Waals surface area contributed by atoms with Gasteiger partial charge in [0.25, 0.3) is 0 Å². The number of ether oxygens (including phenoxy) is 1. The van der Waals surface area contributed by atoms with E-state index in [9.17, 15) is 0 Å². The van der Waals surface area contributed by atoms with Crippen LogP contribution in [0.25, 0.3) is 5.65 Å². The van der Waals surface area contributed by atoms with E-state index in [1.165, 1.54) is 0 Å². The van der Waals surface area contributed by atoms with Crippen molar-refractivity contribution in [2.75, 3.05) is 0 Å². The highest BCUT2D eigenvalue weighted by molar-refractivity contribution is 7.98. The highest BCUT2D eigenvalue weighted by Gasteiger charge is 2.14. The lowest BCUT2D eigenvalue weighted by Gasteiger charge is -2.09. The largest absolute Gasteiger partial charge is 0.486 e. The van der Waals surface area contributed by atoms with Gasteiger partial charge in [0.15, 0.2) is 11.0 Å². The first kappa shape index (κ1) is 19.3. The molecule has 0 saturated heterocycles. The van der Waals surface area contributed by atoms with Crippen LogP contribution < -0.4 is 4.74 Å². The smallest absolute Gasteiger partial charge is 0.191 e. The third kappa shape index (κ3) is 4.35. The number of aryl methyl sites for hydroxylation is 2. The number of imidazole rings is 1. The number of benzene rings is 1. The van der Waals surface area contributed by atoms with Gasteiger partial charge in [-0.05, 0) is 43.2 Å². The fourth-order valence-electron chi connectivity index (χ4n) is 3.11. The lowest BCUT2D eigenvalue weighted by atomic mass is 10.2. The number of pyridine rings is 1. The number of allylic oxidation sites excluding steroid dienone is 1. The van der Waals surface area contributed by atoms with Crippen LogP contribution >= 0.6 is 11.8 Å². The second-order valence-electron chi connectivity index (χ2n) is 6.85. The molecule has 148 valence electrons. The molecule has 0 spiro atoms. The molecular weight excluding hydrogens is 382 g/mol. The second kappa shape index (κ2) is 8.53. The fraction of sp³-hybridized carbons (Fsp3) is 0.227. The van der Waals surface area contributed by atoms with E-state index in [0.29, 0.717) is 13.2 Å². The summed E-state index contributed by atoms with van der Waals surface area (Å²) in [6.45, 7) is 8.97. The third-order valence-electron chi connectivity index (χ3n) is 4.54. The Morgan fingerprint density at radius 2 is 2.07 bits per heavy atom. The van der Waals surface area contributed by atoms with Crippen molar-refractivity contribution >= 4 is 17.4 Å². The van der Waals surface area contributed by atoms with E-state index in [1.54, 1.807) is 11.8 Å². The minimum Gasteiger partial charge on any atom is -0.486 e. The van der Waals surface area contributed by atoms with Crippen molar-refractivity contribution in [1.82, 2.24) is 24.1 Å². The number of aromatic nitrogens is 5. The Morgan fingerprint density at radius 1 is 1.17 bits per heavy atom.